The van der Waals surface area contributed by atoms with Gasteiger partial charge in [-0.05, 0) is 56.9 Å². The highest BCUT2D eigenvalue weighted by Gasteiger charge is 2.60. The average molecular weight is 426 g/mol. The molecule has 31 heavy (non-hydrogen) atoms. The molecule has 3 unspecified atom stereocenters. The van der Waals surface area contributed by atoms with E-state index < -0.39 is 5.79 Å². The lowest BCUT2D eigenvalue weighted by Gasteiger charge is -2.41. The van der Waals surface area contributed by atoms with Gasteiger partial charge in [0.2, 0.25) is 5.91 Å². The van der Waals surface area contributed by atoms with Crippen LogP contribution in [0.2, 0.25) is 0 Å². The number of allylic oxidation sites excluding steroid dienone is 2. The fourth-order valence-electron chi connectivity index (χ4n) is 5.20. The van der Waals surface area contributed by atoms with E-state index in [2.05, 4.69) is 31.0 Å². The summed E-state index contributed by atoms with van der Waals surface area (Å²) in [5.41, 5.74) is 1.20. The van der Waals surface area contributed by atoms with E-state index in [1.165, 1.54) is 0 Å². The molecule has 2 aliphatic rings. The Morgan fingerprint density at radius 3 is 2.87 bits per heavy atom. The predicted molar refractivity (Wildman–Crippen MR) is 125 cm³/mol. The minimum atomic E-state index is -0.471. The molecule has 0 spiro atoms. The summed E-state index contributed by atoms with van der Waals surface area (Å²) in [7, 11) is 0. The van der Waals surface area contributed by atoms with Gasteiger partial charge in [0.05, 0.1) is 12.7 Å². The zero-order valence-corrected chi connectivity index (χ0v) is 19.1. The first-order valence-corrected chi connectivity index (χ1v) is 12.0. The lowest BCUT2D eigenvalue weighted by molar-refractivity contribution is -0.269. The van der Waals surface area contributed by atoms with E-state index in [1.807, 2.05) is 36.4 Å². The van der Waals surface area contributed by atoms with E-state index in [0.29, 0.717) is 13.0 Å². The maximum atomic E-state index is 12.3. The van der Waals surface area contributed by atoms with Crippen molar-refractivity contribution in [3.8, 4) is 0 Å². The van der Waals surface area contributed by atoms with Crippen molar-refractivity contribution in [2.24, 2.45) is 5.41 Å². The summed E-state index contributed by atoms with van der Waals surface area (Å²) in [6.07, 6.45) is 15.9. The predicted octanol–water partition coefficient (Wildman–Crippen LogP) is 6.08. The SMILES string of the molecule is C=CCC12CCCC1(OC(CC=CCC)CCCC(=O)NCc1ccccc1)OCC2. The van der Waals surface area contributed by atoms with Crippen LogP contribution in [0.4, 0.5) is 0 Å². The molecule has 1 heterocycles. The Bertz CT molecular complexity index is 717. The van der Waals surface area contributed by atoms with Gasteiger partial charge in [-0.1, -0.05) is 55.5 Å². The highest BCUT2D eigenvalue weighted by molar-refractivity contribution is 5.75. The first kappa shape index (κ1) is 23.7. The fourth-order valence-corrected chi connectivity index (χ4v) is 5.20. The van der Waals surface area contributed by atoms with Gasteiger partial charge in [0.25, 0.3) is 0 Å². The number of benzene rings is 1. The summed E-state index contributed by atoms with van der Waals surface area (Å²) < 4.78 is 13.1. The summed E-state index contributed by atoms with van der Waals surface area (Å²) in [6, 6.07) is 10.0. The molecule has 2 fully saturated rings. The van der Waals surface area contributed by atoms with Crippen LogP contribution >= 0.6 is 0 Å². The third kappa shape index (κ3) is 6.08. The molecule has 3 atom stereocenters. The van der Waals surface area contributed by atoms with Gasteiger partial charge in [-0.25, -0.2) is 0 Å². The smallest absolute Gasteiger partial charge is 0.220 e. The zero-order chi connectivity index (χ0) is 22.0. The number of rotatable bonds is 13. The van der Waals surface area contributed by atoms with E-state index in [4.69, 9.17) is 9.47 Å². The second-order valence-electron chi connectivity index (χ2n) is 8.99. The molecule has 0 bridgehead atoms. The highest BCUT2D eigenvalue weighted by Crippen LogP contribution is 2.58. The van der Waals surface area contributed by atoms with Crippen LogP contribution in [-0.2, 0) is 20.8 Å². The highest BCUT2D eigenvalue weighted by atomic mass is 16.7. The zero-order valence-electron chi connectivity index (χ0n) is 19.1. The molecule has 1 saturated carbocycles. The molecule has 0 radical (unpaired) electrons. The van der Waals surface area contributed by atoms with Crippen molar-refractivity contribution < 1.29 is 14.3 Å². The maximum Gasteiger partial charge on any atom is 0.220 e. The molecule has 4 nitrogen and oxygen atoms in total. The van der Waals surface area contributed by atoms with Crippen molar-refractivity contribution in [2.75, 3.05) is 6.61 Å². The van der Waals surface area contributed by atoms with Crippen molar-refractivity contribution in [3.05, 3.63) is 60.7 Å². The Labute approximate surface area is 188 Å². The van der Waals surface area contributed by atoms with E-state index >= 15 is 0 Å². The summed E-state index contributed by atoms with van der Waals surface area (Å²) in [6.45, 7) is 7.49. The molecule has 3 rings (SSSR count). The van der Waals surface area contributed by atoms with Crippen LogP contribution in [-0.4, -0.2) is 24.4 Å². The Kier molecular flexibility index (Phi) is 8.91. The summed E-state index contributed by atoms with van der Waals surface area (Å²) in [5, 5.41) is 3.03. The van der Waals surface area contributed by atoms with Gasteiger partial charge in [-0.2, -0.15) is 0 Å². The normalized spacial score (nSPS) is 26.1. The Hall–Kier alpha value is -1.91. The number of hydrogen-bond donors (Lipinski definition) is 1. The van der Waals surface area contributed by atoms with Crippen molar-refractivity contribution in [1.29, 1.82) is 0 Å². The topological polar surface area (TPSA) is 47.6 Å². The first-order valence-electron chi connectivity index (χ1n) is 12.0. The lowest BCUT2D eigenvalue weighted by Crippen LogP contribution is -2.45. The molecule has 1 aromatic rings. The molecule has 1 aromatic carbocycles. The monoisotopic (exact) mass is 425 g/mol. The lowest BCUT2D eigenvalue weighted by atomic mass is 9.77. The minimum absolute atomic E-state index is 0.0742. The third-order valence-corrected chi connectivity index (χ3v) is 6.84. The number of nitrogens with one attached hydrogen (secondary N) is 1. The molecule has 1 saturated heterocycles. The van der Waals surface area contributed by atoms with Crippen molar-refractivity contribution in [1.82, 2.24) is 5.32 Å². The number of fused-ring (bicyclic) bond motifs is 1. The average Bonchev–Trinajstić information content (AvgIpc) is 3.27. The van der Waals surface area contributed by atoms with Gasteiger partial charge in [-0.3, -0.25) is 4.79 Å². The molecule has 170 valence electrons. The van der Waals surface area contributed by atoms with Crippen molar-refractivity contribution in [3.63, 3.8) is 0 Å². The number of amides is 1. The second-order valence-corrected chi connectivity index (χ2v) is 8.99. The Balaban J connectivity index is 1.53. The van der Waals surface area contributed by atoms with Crippen molar-refractivity contribution in [2.45, 2.75) is 89.6 Å². The fraction of sp³-hybridized carbons (Fsp3) is 0.593. The Morgan fingerprint density at radius 2 is 2.10 bits per heavy atom. The molecular formula is C27H39NO3. The van der Waals surface area contributed by atoms with Gasteiger partial charge in [0.1, 0.15) is 0 Å². The van der Waals surface area contributed by atoms with E-state index in [9.17, 15) is 4.79 Å². The van der Waals surface area contributed by atoms with Crippen molar-refractivity contribution >= 4 is 5.91 Å². The minimum Gasteiger partial charge on any atom is -0.352 e. The van der Waals surface area contributed by atoms with Gasteiger partial charge in [0, 0.05) is 24.8 Å². The van der Waals surface area contributed by atoms with Crippen LogP contribution in [0.5, 0.6) is 0 Å². The standard InChI is InChI=1S/C27H39NO3/c1-3-5-7-14-24(15-10-16-25(29)28-22-23-12-8-6-9-13-23)31-27-19-11-18-26(27,17-4-2)20-21-30-27/h4-9,12-13,24H,2-3,10-11,14-22H2,1H3,(H,28,29). The summed E-state index contributed by atoms with van der Waals surface area (Å²) in [4.78, 5) is 12.3. The molecular weight excluding hydrogens is 386 g/mol. The van der Waals surface area contributed by atoms with Crippen LogP contribution in [0.1, 0.15) is 76.7 Å². The summed E-state index contributed by atoms with van der Waals surface area (Å²) in [5.74, 6) is -0.370. The molecule has 0 aromatic heterocycles. The van der Waals surface area contributed by atoms with E-state index in [1.54, 1.807) is 0 Å². The van der Waals surface area contributed by atoms with Gasteiger partial charge >= 0.3 is 0 Å². The van der Waals surface area contributed by atoms with Crippen LogP contribution in [0.3, 0.4) is 0 Å². The van der Waals surface area contributed by atoms with Crippen LogP contribution in [0, 0.1) is 5.41 Å². The quantitative estimate of drug-likeness (QED) is 0.390. The molecule has 1 aliphatic carbocycles. The molecule has 1 amide bonds. The van der Waals surface area contributed by atoms with Gasteiger partial charge in [0.15, 0.2) is 5.79 Å². The number of ether oxygens (including phenoxy) is 2. The van der Waals surface area contributed by atoms with Crippen LogP contribution in [0.15, 0.2) is 55.1 Å². The number of carbonyl (C=O) groups is 1. The van der Waals surface area contributed by atoms with Crippen LogP contribution in [0.25, 0.3) is 0 Å². The van der Waals surface area contributed by atoms with E-state index in [0.717, 1.165) is 70.0 Å². The maximum absolute atomic E-state index is 12.3. The second kappa shape index (κ2) is 11.6. The van der Waals surface area contributed by atoms with Gasteiger partial charge in [-0.15, -0.1) is 6.58 Å². The molecule has 1 aliphatic heterocycles. The first-order chi connectivity index (χ1) is 15.1. The number of hydrogen-bond acceptors (Lipinski definition) is 3. The summed E-state index contributed by atoms with van der Waals surface area (Å²) >= 11 is 0. The van der Waals surface area contributed by atoms with E-state index in [-0.39, 0.29) is 17.4 Å². The number of carbonyl (C=O) groups excluding carboxylic acids is 1. The molecule has 4 heteroatoms. The van der Waals surface area contributed by atoms with Gasteiger partial charge < -0.3 is 14.8 Å². The largest absolute Gasteiger partial charge is 0.352 e. The Morgan fingerprint density at radius 1 is 1.26 bits per heavy atom. The van der Waals surface area contributed by atoms with Crippen LogP contribution < -0.4 is 5.32 Å². The third-order valence-electron chi connectivity index (χ3n) is 6.84. The molecule has 1 N–H and O–H groups in total.